The number of pyridine rings is 1. The summed E-state index contributed by atoms with van der Waals surface area (Å²) in [5.41, 5.74) is 1.23. The molecule has 6 nitrogen and oxygen atoms in total. The maximum atomic E-state index is 4.95. The molecule has 6 heteroatoms. The van der Waals surface area contributed by atoms with Crippen molar-refractivity contribution in [3.8, 4) is 0 Å². The van der Waals surface area contributed by atoms with Gasteiger partial charge in [0.25, 0.3) is 0 Å². The highest BCUT2D eigenvalue weighted by molar-refractivity contribution is 5.80. The van der Waals surface area contributed by atoms with Crippen LogP contribution >= 0.6 is 0 Å². The zero-order chi connectivity index (χ0) is 19.2. The molecule has 0 radical (unpaired) electrons. The number of aliphatic imine (C=N–C) groups is 1. The molecule has 0 spiro atoms. The van der Waals surface area contributed by atoms with E-state index in [2.05, 4.69) is 65.0 Å². The third kappa shape index (κ3) is 5.58. The van der Waals surface area contributed by atoms with E-state index in [1.54, 1.807) is 0 Å². The fourth-order valence-corrected chi connectivity index (χ4v) is 4.20. The Hall–Kier alpha value is -1.82. The van der Waals surface area contributed by atoms with Gasteiger partial charge in [0, 0.05) is 52.0 Å². The van der Waals surface area contributed by atoms with Crippen LogP contribution in [0, 0.1) is 11.8 Å². The second kappa shape index (κ2) is 9.40. The molecule has 2 atom stereocenters. The van der Waals surface area contributed by atoms with Crippen LogP contribution in [0.4, 0.5) is 5.82 Å². The molecule has 27 heavy (non-hydrogen) atoms. The number of likely N-dealkylation sites (N-methyl/N-ethyl adjacent to an activating group) is 1. The number of piperidine rings is 1. The minimum Gasteiger partial charge on any atom is -0.357 e. The molecule has 1 aromatic rings. The van der Waals surface area contributed by atoms with Crippen molar-refractivity contribution >= 4 is 11.8 Å². The number of hydrogen-bond donors (Lipinski definition) is 1. The Balaban J connectivity index is 1.68. The highest BCUT2D eigenvalue weighted by atomic mass is 15.3. The monoisotopic (exact) mass is 372 g/mol. The van der Waals surface area contributed by atoms with Gasteiger partial charge in [-0.05, 0) is 49.9 Å². The van der Waals surface area contributed by atoms with Crippen LogP contribution in [0.2, 0.25) is 0 Å². The Morgan fingerprint density at radius 3 is 2.56 bits per heavy atom. The van der Waals surface area contributed by atoms with Gasteiger partial charge in [0.1, 0.15) is 5.82 Å². The molecule has 0 saturated carbocycles. The van der Waals surface area contributed by atoms with E-state index in [9.17, 15) is 0 Å². The van der Waals surface area contributed by atoms with Gasteiger partial charge in [0.2, 0.25) is 0 Å². The number of nitrogens with zero attached hydrogens (tertiary/aromatic N) is 5. The molecule has 3 rings (SSSR count). The van der Waals surface area contributed by atoms with Crippen molar-refractivity contribution in [1.29, 1.82) is 0 Å². The Bertz CT molecular complexity index is 613. The molecule has 2 aliphatic rings. The Morgan fingerprint density at radius 2 is 1.89 bits per heavy atom. The average molecular weight is 373 g/mol. The second-order valence-corrected chi connectivity index (χ2v) is 8.33. The lowest BCUT2D eigenvalue weighted by atomic mass is 9.92. The van der Waals surface area contributed by atoms with Crippen molar-refractivity contribution in [3.05, 3.63) is 23.9 Å². The SMILES string of the molecule is CCNC(=NCc1ccnc(N2CCN(C)CC2)c1)N1CC(C)CC(C)C1. The summed E-state index contributed by atoms with van der Waals surface area (Å²) in [6.45, 7) is 14.9. The van der Waals surface area contributed by atoms with Gasteiger partial charge in [-0.3, -0.25) is 0 Å². The zero-order valence-corrected chi connectivity index (χ0v) is 17.5. The van der Waals surface area contributed by atoms with Gasteiger partial charge < -0.3 is 20.0 Å². The summed E-state index contributed by atoms with van der Waals surface area (Å²) in [6.07, 6.45) is 3.24. The number of piperazine rings is 1. The Morgan fingerprint density at radius 1 is 1.19 bits per heavy atom. The standard InChI is InChI=1S/C21H36N6/c1-5-22-21(27-15-17(2)12-18(3)16-27)24-14-19-6-7-23-20(13-19)26-10-8-25(4)9-11-26/h6-7,13,17-18H,5,8-12,14-16H2,1-4H3,(H,22,24). The number of anilines is 1. The van der Waals surface area contributed by atoms with Crippen molar-refractivity contribution in [2.45, 2.75) is 33.7 Å². The van der Waals surface area contributed by atoms with Crippen LogP contribution in [0.15, 0.2) is 23.3 Å². The zero-order valence-electron chi connectivity index (χ0n) is 17.5. The summed E-state index contributed by atoms with van der Waals surface area (Å²) >= 11 is 0. The van der Waals surface area contributed by atoms with Gasteiger partial charge in [0.15, 0.2) is 5.96 Å². The summed E-state index contributed by atoms with van der Waals surface area (Å²) in [5.74, 6) is 3.58. The molecular weight excluding hydrogens is 336 g/mol. The smallest absolute Gasteiger partial charge is 0.194 e. The summed E-state index contributed by atoms with van der Waals surface area (Å²) in [6, 6.07) is 4.30. The maximum Gasteiger partial charge on any atom is 0.194 e. The Kier molecular flexibility index (Phi) is 6.94. The predicted octanol–water partition coefficient (Wildman–Crippen LogP) is 2.28. The molecule has 2 fully saturated rings. The first-order chi connectivity index (χ1) is 13.0. The molecule has 1 N–H and O–H groups in total. The lowest BCUT2D eigenvalue weighted by Gasteiger charge is -2.37. The molecule has 0 aliphatic carbocycles. The fourth-order valence-electron chi connectivity index (χ4n) is 4.20. The van der Waals surface area contributed by atoms with E-state index in [-0.39, 0.29) is 0 Å². The van der Waals surface area contributed by atoms with Gasteiger partial charge in [-0.25, -0.2) is 9.98 Å². The summed E-state index contributed by atoms with van der Waals surface area (Å²) in [4.78, 5) is 16.7. The number of hydrogen-bond acceptors (Lipinski definition) is 4. The molecule has 150 valence electrons. The van der Waals surface area contributed by atoms with E-state index in [4.69, 9.17) is 4.99 Å². The van der Waals surface area contributed by atoms with Crippen LogP contribution in [-0.4, -0.2) is 73.6 Å². The van der Waals surface area contributed by atoms with E-state index < -0.39 is 0 Å². The number of likely N-dealkylation sites (tertiary alicyclic amines) is 1. The first-order valence-corrected chi connectivity index (χ1v) is 10.5. The third-order valence-corrected chi connectivity index (χ3v) is 5.55. The van der Waals surface area contributed by atoms with Gasteiger partial charge in [-0.1, -0.05) is 13.8 Å². The van der Waals surface area contributed by atoms with Crippen molar-refractivity contribution < 1.29 is 0 Å². The van der Waals surface area contributed by atoms with E-state index >= 15 is 0 Å². The molecule has 2 aliphatic heterocycles. The van der Waals surface area contributed by atoms with Crippen molar-refractivity contribution in [3.63, 3.8) is 0 Å². The van der Waals surface area contributed by atoms with Gasteiger partial charge >= 0.3 is 0 Å². The molecule has 1 aromatic heterocycles. The highest BCUT2D eigenvalue weighted by Crippen LogP contribution is 2.21. The largest absolute Gasteiger partial charge is 0.357 e. The first kappa shape index (κ1) is 19.9. The normalized spacial score (nSPS) is 25.0. The number of nitrogens with one attached hydrogen (secondary N) is 1. The lowest BCUT2D eigenvalue weighted by molar-refractivity contribution is 0.208. The number of aromatic nitrogens is 1. The Labute approximate surface area is 164 Å². The van der Waals surface area contributed by atoms with Crippen LogP contribution in [0.1, 0.15) is 32.8 Å². The van der Waals surface area contributed by atoms with Crippen LogP contribution in [0.5, 0.6) is 0 Å². The third-order valence-electron chi connectivity index (χ3n) is 5.55. The summed E-state index contributed by atoms with van der Waals surface area (Å²) in [5, 5.41) is 3.49. The number of guanidine groups is 1. The van der Waals surface area contributed by atoms with E-state index in [0.29, 0.717) is 6.54 Å². The minimum absolute atomic E-state index is 0.699. The molecule has 2 unspecified atom stereocenters. The summed E-state index contributed by atoms with van der Waals surface area (Å²) in [7, 11) is 2.18. The van der Waals surface area contributed by atoms with E-state index in [1.165, 1.54) is 12.0 Å². The number of rotatable bonds is 4. The van der Waals surface area contributed by atoms with Crippen LogP contribution < -0.4 is 10.2 Å². The van der Waals surface area contributed by atoms with Crippen molar-refractivity contribution in [2.24, 2.45) is 16.8 Å². The van der Waals surface area contributed by atoms with Gasteiger partial charge in [0.05, 0.1) is 6.54 Å². The lowest BCUT2D eigenvalue weighted by Crippen LogP contribution is -2.48. The van der Waals surface area contributed by atoms with Crippen LogP contribution in [0.25, 0.3) is 0 Å². The van der Waals surface area contributed by atoms with Crippen LogP contribution in [0.3, 0.4) is 0 Å². The van der Waals surface area contributed by atoms with Crippen molar-refractivity contribution in [1.82, 2.24) is 20.1 Å². The molecule has 3 heterocycles. The van der Waals surface area contributed by atoms with Crippen molar-refractivity contribution in [2.75, 3.05) is 57.8 Å². The van der Waals surface area contributed by atoms with E-state index in [0.717, 1.165) is 69.4 Å². The quantitative estimate of drug-likeness (QED) is 0.649. The molecule has 2 saturated heterocycles. The topological polar surface area (TPSA) is 47.0 Å². The van der Waals surface area contributed by atoms with E-state index in [1.807, 2.05) is 6.20 Å². The molecular formula is C21H36N6. The maximum absolute atomic E-state index is 4.95. The molecule has 0 aromatic carbocycles. The predicted molar refractivity (Wildman–Crippen MR) is 113 cm³/mol. The first-order valence-electron chi connectivity index (χ1n) is 10.5. The second-order valence-electron chi connectivity index (χ2n) is 8.33. The van der Waals surface area contributed by atoms with Gasteiger partial charge in [-0.2, -0.15) is 0 Å². The molecule has 0 amide bonds. The van der Waals surface area contributed by atoms with Crippen LogP contribution in [-0.2, 0) is 6.54 Å². The molecule has 0 bridgehead atoms. The summed E-state index contributed by atoms with van der Waals surface area (Å²) < 4.78 is 0. The highest BCUT2D eigenvalue weighted by Gasteiger charge is 2.24. The average Bonchev–Trinajstić information content (AvgIpc) is 2.65. The van der Waals surface area contributed by atoms with Gasteiger partial charge in [-0.15, -0.1) is 0 Å². The fraction of sp³-hybridized carbons (Fsp3) is 0.714. The minimum atomic E-state index is 0.699.